The van der Waals surface area contributed by atoms with Gasteiger partial charge in [0.2, 0.25) is 6.43 Å². The third-order valence-electron chi connectivity index (χ3n) is 5.65. The highest BCUT2D eigenvalue weighted by molar-refractivity contribution is 5.90. The number of hydrogen-bond acceptors (Lipinski definition) is 3. The molecule has 0 aliphatic heterocycles. The molecule has 2 N–H and O–H groups in total. The molecule has 1 heterocycles. The average Bonchev–Trinajstić information content (AvgIpc) is 3.11. The second-order valence-corrected chi connectivity index (χ2v) is 7.95. The van der Waals surface area contributed by atoms with E-state index in [4.69, 9.17) is 5.11 Å². The second kappa shape index (κ2) is 20.8. The van der Waals surface area contributed by atoms with Crippen LogP contribution in [0.15, 0.2) is 42.5 Å². The van der Waals surface area contributed by atoms with Crippen molar-refractivity contribution in [3.05, 3.63) is 64.8 Å². The van der Waals surface area contributed by atoms with E-state index in [1.54, 1.807) is 18.2 Å². The Morgan fingerprint density at radius 1 is 1.00 bits per heavy atom. The van der Waals surface area contributed by atoms with Crippen molar-refractivity contribution < 1.29 is 28.6 Å². The Kier molecular flexibility index (Phi) is 20.2. The van der Waals surface area contributed by atoms with Gasteiger partial charge in [0.1, 0.15) is 12.0 Å². The first-order valence-corrected chi connectivity index (χ1v) is 13.4. The van der Waals surface area contributed by atoms with E-state index < -0.39 is 12.4 Å². The number of aromatic nitrogens is 1. The number of carboxylic acid groups (broad SMARTS) is 1. The number of alkyl halides is 2. The Morgan fingerprint density at radius 3 is 1.89 bits per heavy atom. The predicted octanol–water partition coefficient (Wildman–Crippen LogP) is 8.76. The molecule has 0 unspecified atom stereocenters. The highest BCUT2D eigenvalue weighted by Gasteiger charge is 2.26. The monoisotopic (exact) mass is 535 g/mol. The van der Waals surface area contributed by atoms with E-state index >= 15 is 0 Å². The molecule has 0 atom stereocenters. The summed E-state index contributed by atoms with van der Waals surface area (Å²) in [7, 11) is 1.89. The number of fused-ring (bicyclic) bond motifs is 1. The fourth-order valence-corrected chi connectivity index (χ4v) is 3.35. The van der Waals surface area contributed by atoms with Gasteiger partial charge in [-0.2, -0.15) is 0 Å². The molecule has 0 radical (unpaired) electrons. The molecule has 1 fully saturated rings. The number of nitrogens with zero attached hydrogens (tertiary/aromatic N) is 1. The van der Waals surface area contributed by atoms with E-state index in [1.165, 1.54) is 5.56 Å². The molecule has 0 spiro atoms. The summed E-state index contributed by atoms with van der Waals surface area (Å²) in [6, 6.07) is 12.5. The Bertz CT molecular complexity index is 1060. The molecule has 7 heteroatoms. The van der Waals surface area contributed by atoms with E-state index in [1.807, 2.05) is 91.3 Å². The maximum Gasteiger partial charge on any atom is 0.307 e. The van der Waals surface area contributed by atoms with Crippen LogP contribution in [0.25, 0.3) is 10.9 Å². The number of halogens is 2. The third-order valence-corrected chi connectivity index (χ3v) is 5.65. The van der Waals surface area contributed by atoms with Crippen molar-refractivity contribution in [2.75, 3.05) is 0 Å². The number of aromatic hydroxyl groups is 1. The minimum absolute atomic E-state index is 0.0212. The highest BCUT2D eigenvalue weighted by Crippen LogP contribution is 2.31. The minimum atomic E-state index is -2.05. The quantitative estimate of drug-likeness (QED) is 0.327. The zero-order chi connectivity index (χ0) is 29.8. The number of phenols is 1. The number of carboxylic acids is 1. The largest absolute Gasteiger partial charge is 0.508 e. The van der Waals surface area contributed by atoms with Crippen molar-refractivity contribution in [3.63, 3.8) is 0 Å². The van der Waals surface area contributed by atoms with Crippen molar-refractivity contribution in [2.24, 2.45) is 13.0 Å². The van der Waals surface area contributed by atoms with Crippen LogP contribution in [-0.2, 0) is 18.3 Å². The maximum atomic E-state index is 11.5. The summed E-state index contributed by atoms with van der Waals surface area (Å²) in [5.74, 6) is -0.955. The van der Waals surface area contributed by atoms with Crippen molar-refractivity contribution >= 4 is 23.2 Å². The molecule has 4 rings (SSSR count). The zero-order valence-electron chi connectivity index (χ0n) is 24.5. The average molecular weight is 536 g/mol. The summed E-state index contributed by atoms with van der Waals surface area (Å²) < 4.78 is 24.9. The van der Waals surface area contributed by atoms with Gasteiger partial charge in [0, 0.05) is 35.1 Å². The van der Waals surface area contributed by atoms with Crippen molar-refractivity contribution in [2.45, 2.75) is 87.5 Å². The summed E-state index contributed by atoms with van der Waals surface area (Å²) in [5.41, 5.74) is 4.54. The number of hydrogen-bond donors (Lipinski definition) is 2. The lowest BCUT2D eigenvalue weighted by Crippen LogP contribution is -2.18. The normalized spacial score (nSPS) is 11.4. The number of aryl methyl sites for hydroxylation is 2. The molecule has 1 aliphatic carbocycles. The van der Waals surface area contributed by atoms with Crippen LogP contribution in [0.2, 0.25) is 0 Å². The summed E-state index contributed by atoms with van der Waals surface area (Å²) in [5, 5.41) is 19.1. The number of rotatable bonds is 4. The molecule has 214 valence electrons. The van der Waals surface area contributed by atoms with Crippen LogP contribution in [0.1, 0.15) is 88.0 Å². The van der Waals surface area contributed by atoms with Gasteiger partial charge in [0.25, 0.3) is 0 Å². The molecule has 1 saturated carbocycles. The van der Waals surface area contributed by atoms with E-state index in [2.05, 4.69) is 0 Å². The minimum Gasteiger partial charge on any atom is -0.508 e. The molecule has 0 saturated heterocycles. The van der Waals surface area contributed by atoms with Crippen molar-refractivity contribution in [1.82, 2.24) is 4.57 Å². The van der Waals surface area contributed by atoms with Crippen LogP contribution < -0.4 is 0 Å². The molecule has 38 heavy (non-hydrogen) atoms. The molecule has 1 aromatic heterocycles. The fraction of sp³-hybridized carbons (Fsp3) is 0.484. The first kappa shape index (κ1) is 36.9. The van der Waals surface area contributed by atoms with Gasteiger partial charge in [-0.15, -0.1) is 0 Å². The van der Waals surface area contributed by atoms with Crippen LogP contribution in [0.5, 0.6) is 5.75 Å². The van der Waals surface area contributed by atoms with Crippen LogP contribution >= 0.6 is 0 Å². The lowest BCUT2D eigenvalue weighted by Gasteiger charge is -2.23. The standard InChI is InChI=1S/C12H13NO3.C8H8O.C5H8F2.3C2H6/c1-7-9(6-12(15)16)10-5-8(14)3-4-11(10)13(7)2;1-7-2-4-8(6-9)5-3-7;6-5(7)4-2-1-3-4;3*1-2/h3-5,14H,6H2,1-2H3,(H,15,16);2-6H,1H3;4-5H,1-3H2;3*1-2H3. The maximum absolute atomic E-state index is 11.5. The summed E-state index contributed by atoms with van der Waals surface area (Å²) in [6.07, 6.45) is 1.28. The Balaban J connectivity index is 0. The first-order chi connectivity index (χ1) is 18.1. The summed E-state index contributed by atoms with van der Waals surface area (Å²) >= 11 is 0. The third kappa shape index (κ3) is 12.3. The first-order valence-electron chi connectivity index (χ1n) is 13.4. The van der Waals surface area contributed by atoms with Gasteiger partial charge < -0.3 is 14.8 Å². The lowest BCUT2D eigenvalue weighted by atomic mass is 9.86. The lowest BCUT2D eigenvalue weighted by molar-refractivity contribution is -0.136. The van der Waals surface area contributed by atoms with E-state index in [0.717, 1.165) is 53.3 Å². The van der Waals surface area contributed by atoms with Gasteiger partial charge in [-0.1, -0.05) is 77.8 Å². The van der Waals surface area contributed by atoms with Gasteiger partial charge in [-0.3, -0.25) is 9.59 Å². The molecule has 5 nitrogen and oxygen atoms in total. The van der Waals surface area contributed by atoms with E-state index in [9.17, 15) is 23.5 Å². The number of benzene rings is 2. The van der Waals surface area contributed by atoms with Crippen LogP contribution in [-0.4, -0.2) is 33.5 Å². The Labute approximate surface area is 227 Å². The van der Waals surface area contributed by atoms with Gasteiger partial charge in [0.05, 0.1) is 6.42 Å². The Morgan fingerprint density at radius 2 is 1.53 bits per heavy atom. The number of phenolic OH excluding ortho intramolecular Hbond substituents is 1. The molecule has 3 aromatic rings. The number of aldehydes is 1. The van der Waals surface area contributed by atoms with Crippen molar-refractivity contribution in [3.8, 4) is 5.75 Å². The SMILES string of the molecule is CC.CC.CC.Cc1c(CC(=O)O)c2cc(O)ccc2n1C.Cc1ccc(C=O)cc1.FC(F)C1CCC1. The van der Waals surface area contributed by atoms with Gasteiger partial charge in [-0.25, -0.2) is 8.78 Å². The molecule has 2 aromatic carbocycles. The molecular formula is C31H47F2NO4. The van der Waals surface area contributed by atoms with E-state index in [-0.39, 0.29) is 18.1 Å². The van der Waals surface area contributed by atoms with Gasteiger partial charge in [0.15, 0.2) is 0 Å². The number of carbonyl (C=O) groups excluding carboxylic acids is 1. The predicted molar refractivity (Wildman–Crippen MR) is 155 cm³/mol. The second-order valence-electron chi connectivity index (χ2n) is 7.95. The van der Waals surface area contributed by atoms with Gasteiger partial charge in [-0.05, 0) is 50.5 Å². The van der Waals surface area contributed by atoms with Gasteiger partial charge >= 0.3 is 5.97 Å². The number of carbonyl (C=O) groups is 2. The summed E-state index contributed by atoms with van der Waals surface area (Å²) in [4.78, 5) is 20.9. The number of aliphatic carboxylic acids is 1. The van der Waals surface area contributed by atoms with Crippen LogP contribution in [0, 0.1) is 19.8 Å². The molecule has 0 amide bonds. The topological polar surface area (TPSA) is 79.5 Å². The molecule has 0 bridgehead atoms. The zero-order valence-corrected chi connectivity index (χ0v) is 24.5. The van der Waals surface area contributed by atoms with Crippen LogP contribution in [0.4, 0.5) is 8.78 Å². The van der Waals surface area contributed by atoms with Crippen LogP contribution in [0.3, 0.4) is 0 Å². The molecule has 1 aliphatic rings. The summed E-state index contributed by atoms with van der Waals surface area (Å²) in [6.45, 7) is 15.9. The van der Waals surface area contributed by atoms with Crippen molar-refractivity contribution in [1.29, 1.82) is 0 Å². The van der Waals surface area contributed by atoms with E-state index in [0.29, 0.717) is 0 Å². The molecular weight excluding hydrogens is 488 g/mol. The fourth-order valence-electron chi connectivity index (χ4n) is 3.35. The smallest absolute Gasteiger partial charge is 0.307 e. The Hall–Kier alpha value is -3.22. The highest BCUT2D eigenvalue weighted by atomic mass is 19.3.